The Labute approximate surface area is 161 Å². The molecule has 1 aliphatic rings. The van der Waals surface area contributed by atoms with Gasteiger partial charge in [0, 0.05) is 17.5 Å². The molecule has 0 amide bonds. The van der Waals surface area contributed by atoms with Crippen LogP contribution in [0.15, 0.2) is 12.2 Å². The van der Waals surface area contributed by atoms with E-state index in [0.717, 1.165) is 14.5 Å². The van der Waals surface area contributed by atoms with Crippen LogP contribution in [0.1, 0.15) is 67.2 Å². The van der Waals surface area contributed by atoms with Crippen molar-refractivity contribution in [2.75, 3.05) is 19.5 Å². The minimum absolute atomic E-state index is 0.0185. The predicted octanol–water partition coefficient (Wildman–Crippen LogP) is 6.07. The molecule has 3 heteroatoms. The topological polar surface area (TPSA) is 20.2 Å². The average Bonchev–Trinajstić information content (AvgIpc) is 3.28. The van der Waals surface area contributed by atoms with Crippen LogP contribution in [0, 0.1) is 27.9 Å². The monoisotopic (exact) mass is 386 g/mol. The molecular weight excluding hydrogens is 343 g/mol. The second kappa shape index (κ2) is 8.52. The van der Waals surface area contributed by atoms with E-state index in [-0.39, 0.29) is 22.9 Å². The van der Waals surface area contributed by atoms with Crippen LogP contribution in [0.25, 0.3) is 0 Å². The molecule has 1 N–H and O–H groups in total. The van der Waals surface area contributed by atoms with Gasteiger partial charge >= 0.3 is 0 Å². The van der Waals surface area contributed by atoms with Gasteiger partial charge in [0.05, 0.1) is 0 Å². The van der Waals surface area contributed by atoms with Crippen LogP contribution in [0.4, 0.5) is 0 Å². The van der Waals surface area contributed by atoms with E-state index in [1.54, 1.807) is 0 Å². The molecule has 0 aromatic carbocycles. The summed E-state index contributed by atoms with van der Waals surface area (Å²) in [5.41, 5.74) is 8.43. The van der Waals surface area contributed by atoms with Gasteiger partial charge in [-0.1, -0.05) is 66.5 Å². The number of aliphatic hydroxyl groups excluding tert-OH is 1. The summed E-state index contributed by atoms with van der Waals surface area (Å²) >= 11 is 0. The lowest BCUT2D eigenvalue weighted by atomic mass is 9.58. The van der Waals surface area contributed by atoms with E-state index < -0.39 is 10.3 Å². The second-order valence-electron chi connectivity index (χ2n) is 10.0. The molecule has 0 radical (unpaired) electrons. The minimum Gasteiger partial charge on any atom is -0.396 e. The summed E-state index contributed by atoms with van der Waals surface area (Å²) in [6.07, 6.45) is 7.50. The molecule has 1 saturated carbocycles. The van der Waals surface area contributed by atoms with Gasteiger partial charge < -0.3 is 5.11 Å². The van der Waals surface area contributed by atoms with Crippen molar-refractivity contribution in [1.82, 2.24) is 0 Å². The SMILES string of the molecule is C#[SH](C)C(C(C)(C)CO)C(C)(C)C(C)(C)C(PC)C(=C)CCC1CC1. The van der Waals surface area contributed by atoms with E-state index in [1.165, 1.54) is 31.3 Å². The molecule has 4 unspecified atom stereocenters. The van der Waals surface area contributed by atoms with Crippen LogP contribution in [-0.2, 0) is 0 Å². The molecule has 1 nitrogen and oxygen atoms in total. The molecule has 0 heterocycles. The third-order valence-corrected chi connectivity index (χ3v) is 10.8. The molecule has 25 heavy (non-hydrogen) atoms. The molecule has 4 atom stereocenters. The molecule has 0 bridgehead atoms. The van der Waals surface area contributed by atoms with E-state index in [2.05, 4.69) is 61.0 Å². The van der Waals surface area contributed by atoms with Crippen LogP contribution < -0.4 is 0 Å². The van der Waals surface area contributed by atoms with Crippen molar-refractivity contribution < 1.29 is 5.11 Å². The van der Waals surface area contributed by atoms with Crippen molar-refractivity contribution in [2.45, 2.75) is 78.1 Å². The Balaban J connectivity index is 3.15. The summed E-state index contributed by atoms with van der Waals surface area (Å²) in [5.74, 6) is 0.960. The summed E-state index contributed by atoms with van der Waals surface area (Å²) in [5, 5.41) is 10.3. The summed E-state index contributed by atoms with van der Waals surface area (Å²) in [6.45, 7) is 21.0. The number of rotatable bonds is 10. The van der Waals surface area contributed by atoms with Gasteiger partial charge in [-0.25, -0.2) is 10.3 Å². The number of hydrogen-bond donors (Lipinski definition) is 2. The highest BCUT2D eigenvalue weighted by Gasteiger charge is 2.51. The summed E-state index contributed by atoms with van der Waals surface area (Å²) in [7, 11) is 0.199. The third-order valence-electron chi connectivity index (χ3n) is 6.89. The fraction of sp³-hybridized carbons (Fsp3) is 0.864. The van der Waals surface area contributed by atoms with Crippen molar-refractivity contribution in [2.24, 2.45) is 22.2 Å². The lowest BCUT2D eigenvalue weighted by molar-refractivity contribution is 0.0384. The van der Waals surface area contributed by atoms with E-state index in [9.17, 15) is 5.11 Å². The zero-order chi connectivity index (χ0) is 19.6. The zero-order valence-corrected chi connectivity index (χ0v) is 19.8. The molecule has 1 aliphatic carbocycles. The fourth-order valence-corrected chi connectivity index (χ4v) is 9.05. The number of hydrogen-bond acceptors (Lipinski definition) is 1. The highest BCUT2D eigenvalue weighted by atomic mass is 32.2. The smallest absolute Gasteiger partial charge is 0.0492 e. The molecule has 1 fully saturated rings. The van der Waals surface area contributed by atoms with Gasteiger partial charge in [-0.2, -0.15) is 0 Å². The Bertz CT molecular complexity index is 534. The Hall–Kier alpha value is 0.260. The Morgan fingerprint density at radius 1 is 1.20 bits per heavy atom. The van der Waals surface area contributed by atoms with E-state index in [1.807, 2.05) is 0 Å². The van der Waals surface area contributed by atoms with Crippen LogP contribution in [0.2, 0.25) is 0 Å². The predicted molar refractivity (Wildman–Crippen MR) is 121 cm³/mol. The van der Waals surface area contributed by atoms with Gasteiger partial charge in [-0.3, -0.25) is 0 Å². The van der Waals surface area contributed by atoms with Gasteiger partial charge in [-0.15, -0.1) is 14.3 Å². The van der Waals surface area contributed by atoms with Crippen molar-refractivity contribution in [3.05, 3.63) is 12.2 Å². The Morgan fingerprint density at radius 3 is 2.08 bits per heavy atom. The summed E-state index contributed by atoms with van der Waals surface area (Å²) in [4.78, 5) is 0. The highest BCUT2D eigenvalue weighted by Crippen LogP contribution is 2.58. The molecule has 0 aromatic heterocycles. The van der Waals surface area contributed by atoms with Crippen molar-refractivity contribution in [3.63, 3.8) is 0 Å². The maximum atomic E-state index is 10.0. The first kappa shape index (κ1) is 23.3. The maximum absolute atomic E-state index is 10.0. The maximum Gasteiger partial charge on any atom is 0.0492 e. The Morgan fingerprint density at radius 2 is 1.72 bits per heavy atom. The quantitative estimate of drug-likeness (QED) is 0.265. The van der Waals surface area contributed by atoms with Crippen LogP contribution >= 0.6 is 18.9 Å². The summed E-state index contributed by atoms with van der Waals surface area (Å²) < 4.78 is 0. The molecule has 1 rings (SSSR count). The minimum atomic E-state index is -0.654. The van der Waals surface area contributed by atoms with Crippen molar-refractivity contribution in [3.8, 4) is 5.69 Å². The lowest BCUT2D eigenvalue weighted by Gasteiger charge is -2.55. The fourth-order valence-electron chi connectivity index (χ4n) is 4.86. The lowest BCUT2D eigenvalue weighted by Crippen LogP contribution is -2.53. The van der Waals surface area contributed by atoms with Gasteiger partial charge in [0.1, 0.15) is 0 Å². The molecule has 0 spiro atoms. The van der Waals surface area contributed by atoms with E-state index >= 15 is 0 Å². The molecule has 0 saturated heterocycles. The van der Waals surface area contributed by atoms with Crippen molar-refractivity contribution >= 4 is 18.9 Å². The van der Waals surface area contributed by atoms with Crippen LogP contribution in [0.3, 0.4) is 0 Å². The largest absolute Gasteiger partial charge is 0.396 e. The van der Waals surface area contributed by atoms with Crippen molar-refractivity contribution in [1.29, 1.82) is 0 Å². The van der Waals surface area contributed by atoms with Crippen LogP contribution in [-0.4, -0.2) is 35.5 Å². The third kappa shape index (κ3) is 5.16. The van der Waals surface area contributed by atoms with Gasteiger partial charge in [0.15, 0.2) is 0 Å². The average molecular weight is 387 g/mol. The van der Waals surface area contributed by atoms with Gasteiger partial charge in [0.2, 0.25) is 0 Å². The van der Waals surface area contributed by atoms with E-state index in [4.69, 9.17) is 5.69 Å². The Kier molecular flexibility index (Phi) is 7.94. The molecule has 148 valence electrons. The van der Waals surface area contributed by atoms with Gasteiger partial charge in [-0.05, 0) is 47.9 Å². The first-order valence-corrected chi connectivity index (χ1v) is 13.3. The number of thiol groups is 1. The molecule has 0 aromatic rings. The number of allylic oxidation sites excluding steroid dienone is 1. The van der Waals surface area contributed by atoms with Gasteiger partial charge in [0.25, 0.3) is 0 Å². The van der Waals surface area contributed by atoms with E-state index in [0.29, 0.717) is 10.9 Å². The summed E-state index contributed by atoms with van der Waals surface area (Å²) in [6, 6.07) is 0. The highest BCUT2D eigenvalue weighted by molar-refractivity contribution is 8.06. The normalized spacial score (nSPS) is 20.6. The second-order valence-corrected chi connectivity index (χ2v) is 13.0. The standard InChI is InChI=1S/C22H43OPS/c1-16(11-12-17-13-14-17)18(24-8)21(4,5)22(6,7)19(25(9)10)20(2,3)15-23/h9,17-19,23-25H,1,11-15H2,2-8,10H3. The van der Waals surface area contributed by atoms with Crippen LogP contribution in [0.5, 0.6) is 0 Å². The molecule has 0 aliphatic heterocycles. The first-order chi connectivity index (χ1) is 11.3. The number of aliphatic hydroxyl groups is 1. The first-order valence-electron chi connectivity index (χ1n) is 9.76. The zero-order valence-electron chi connectivity index (χ0n) is 17.9. The molecular formula is C22H43OPS.